The maximum Gasteiger partial charge on any atom is 0.416 e. The highest BCUT2D eigenvalue weighted by atomic mass is 19.4. The first-order valence-electron chi connectivity index (χ1n) is 9.22. The molecule has 0 bridgehead atoms. The summed E-state index contributed by atoms with van der Waals surface area (Å²) in [5.74, 6) is -0.175. The third kappa shape index (κ3) is 4.93. The number of benzene rings is 2. The highest BCUT2D eigenvalue weighted by Crippen LogP contribution is 2.41. The molecule has 2 N–H and O–H groups in total. The van der Waals surface area contributed by atoms with Crippen LogP contribution in [0, 0.1) is 0 Å². The van der Waals surface area contributed by atoms with E-state index in [1.165, 1.54) is 6.92 Å². The Morgan fingerprint density at radius 1 is 0.897 bits per heavy atom. The Morgan fingerprint density at radius 2 is 1.45 bits per heavy atom. The minimum atomic E-state index is -4.89. The standard InChI is InChI=1S/C21H21F6NO/c1-12(14-9-15(20(22,23)24)11-16(10-14)21(25,26)27)29-18-8-7-17(28)19(18)13-5-3-2-4-6-13/h2-6,9-12,17-19H,7-8,28H2,1H3/t12-,17?,18?,19?/m1/s1. The van der Waals surface area contributed by atoms with Gasteiger partial charge in [-0.25, -0.2) is 0 Å². The molecular formula is C21H21F6NO. The van der Waals surface area contributed by atoms with Gasteiger partial charge in [-0.2, -0.15) is 26.3 Å². The zero-order valence-electron chi connectivity index (χ0n) is 15.6. The van der Waals surface area contributed by atoms with E-state index in [9.17, 15) is 26.3 Å². The summed E-state index contributed by atoms with van der Waals surface area (Å²) in [6.07, 6.45) is -9.90. The lowest BCUT2D eigenvalue weighted by Crippen LogP contribution is -2.30. The Bertz CT molecular complexity index is 801. The number of hydrogen-bond acceptors (Lipinski definition) is 2. The van der Waals surface area contributed by atoms with E-state index in [0.717, 1.165) is 5.56 Å². The van der Waals surface area contributed by atoms with E-state index < -0.39 is 35.7 Å². The van der Waals surface area contributed by atoms with Crippen molar-refractivity contribution < 1.29 is 31.1 Å². The highest BCUT2D eigenvalue weighted by molar-refractivity contribution is 5.35. The summed E-state index contributed by atoms with van der Waals surface area (Å²) in [5.41, 5.74) is 4.28. The molecule has 1 saturated carbocycles. The number of alkyl halides is 6. The molecule has 0 heterocycles. The predicted octanol–water partition coefficient (Wildman–Crippen LogP) is 6.08. The summed E-state index contributed by atoms with van der Waals surface area (Å²) in [6, 6.07) is 10.7. The van der Waals surface area contributed by atoms with Crippen LogP contribution in [0.4, 0.5) is 26.3 Å². The number of halogens is 6. The van der Waals surface area contributed by atoms with Crippen LogP contribution in [0.5, 0.6) is 0 Å². The van der Waals surface area contributed by atoms with Gasteiger partial charge in [-0.15, -0.1) is 0 Å². The van der Waals surface area contributed by atoms with Gasteiger partial charge < -0.3 is 10.5 Å². The molecule has 0 radical (unpaired) electrons. The van der Waals surface area contributed by atoms with E-state index in [-0.39, 0.29) is 23.6 Å². The van der Waals surface area contributed by atoms with E-state index in [0.29, 0.717) is 25.0 Å². The lowest BCUT2D eigenvalue weighted by atomic mass is 9.92. The van der Waals surface area contributed by atoms with Crippen LogP contribution in [0.3, 0.4) is 0 Å². The lowest BCUT2D eigenvalue weighted by Gasteiger charge is -2.27. The molecule has 8 heteroatoms. The molecule has 1 aliphatic carbocycles. The van der Waals surface area contributed by atoms with Gasteiger partial charge >= 0.3 is 12.4 Å². The van der Waals surface area contributed by atoms with Crippen LogP contribution < -0.4 is 5.73 Å². The second-order valence-electron chi connectivity index (χ2n) is 7.33. The molecule has 0 amide bonds. The molecule has 3 unspecified atom stereocenters. The Balaban J connectivity index is 1.89. The fraction of sp³-hybridized carbons (Fsp3) is 0.429. The molecule has 2 nitrogen and oxygen atoms in total. The van der Waals surface area contributed by atoms with Crippen LogP contribution in [0.1, 0.15) is 54.0 Å². The third-order valence-electron chi connectivity index (χ3n) is 5.29. The molecule has 2 aromatic carbocycles. The topological polar surface area (TPSA) is 35.2 Å². The van der Waals surface area contributed by atoms with Crippen LogP contribution >= 0.6 is 0 Å². The van der Waals surface area contributed by atoms with Crippen molar-refractivity contribution >= 4 is 0 Å². The predicted molar refractivity (Wildman–Crippen MR) is 96.1 cm³/mol. The maximum absolute atomic E-state index is 13.1. The maximum atomic E-state index is 13.1. The van der Waals surface area contributed by atoms with Crippen LogP contribution in [0.25, 0.3) is 0 Å². The van der Waals surface area contributed by atoms with Crippen molar-refractivity contribution in [3.05, 3.63) is 70.8 Å². The summed E-state index contributed by atoms with van der Waals surface area (Å²) < 4.78 is 84.6. The van der Waals surface area contributed by atoms with Crippen LogP contribution in [-0.2, 0) is 17.1 Å². The normalized spacial score (nSPS) is 23.9. The van der Waals surface area contributed by atoms with Crippen molar-refractivity contribution in [2.45, 2.75) is 56.3 Å². The van der Waals surface area contributed by atoms with E-state index in [4.69, 9.17) is 10.5 Å². The minimum Gasteiger partial charge on any atom is -0.370 e. The summed E-state index contributed by atoms with van der Waals surface area (Å²) in [7, 11) is 0. The van der Waals surface area contributed by atoms with Gasteiger partial charge in [-0.3, -0.25) is 0 Å². The summed E-state index contributed by atoms with van der Waals surface area (Å²) in [5, 5.41) is 0. The van der Waals surface area contributed by atoms with E-state index >= 15 is 0 Å². The molecule has 1 aliphatic rings. The highest BCUT2D eigenvalue weighted by Gasteiger charge is 2.39. The van der Waals surface area contributed by atoms with Gasteiger partial charge in [0.1, 0.15) is 0 Å². The van der Waals surface area contributed by atoms with Crippen molar-refractivity contribution in [1.29, 1.82) is 0 Å². The fourth-order valence-corrected chi connectivity index (χ4v) is 3.84. The van der Waals surface area contributed by atoms with Crippen molar-refractivity contribution in [3.8, 4) is 0 Å². The van der Waals surface area contributed by atoms with Crippen molar-refractivity contribution in [3.63, 3.8) is 0 Å². The third-order valence-corrected chi connectivity index (χ3v) is 5.29. The average Bonchev–Trinajstić information content (AvgIpc) is 3.00. The van der Waals surface area contributed by atoms with Gasteiger partial charge in [0.15, 0.2) is 0 Å². The summed E-state index contributed by atoms with van der Waals surface area (Å²) in [6.45, 7) is 1.46. The summed E-state index contributed by atoms with van der Waals surface area (Å²) >= 11 is 0. The molecule has 0 saturated heterocycles. The number of ether oxygens (including phenoxy) is 1. The first kappa shape index (κ1) is 21.6. The van der Waals surface area contributed by atoms with Crippen LogP contribution in [0.2, 0.25) is 0 Å². The molecular weight excluding hydrogens is 396 g/mol. The van der Waals surface area contributed by atoms with Gasteiger partial charge in [-0.1, -0.05) is 30.3 Å². The first-order chi connectivity index (χ1) is 13.5. The Labute approximate surface area is 164 Å². The molecule has 3 rings (SSSR count). The lowest BCUT2D eigenvalue weighted by molar-refractivity contribution is -0.143. The number of rotatable bonds is 4. The molecule has 158 valence electrons. The van der Waals surface area contributed by atoms with Crippen molar-refractivity contribution in [2.75, 3.05) is 0 Å². The van der Waals surface area contributed by atoms with Crippen molar-refractivity contribution in [1.82, 2.24) is 0 Å². The van der Waals surface area contributed by atoms with E-state index in [1.807, 2.05) is 30.3 Å². The Morgan fingerprint density at radius 3 is 1.97 bits per heavy atom. The SMILES string of the molecule is C[C@@H](OC1CCC(N)C1c1ccccc1)c1cc(C(F)(F)F)cc(C(F)(F)F)c1. The quantitative estimate of drug-likeness (QED) is 0.613. The van der Waals surface area contributed by atoms with Crippen molar-refractivity contribution in [2.24, 2.45) is 5.73 Å². The first-order valence-corrected chi connectivity index (χ1v) is 9.22. The fourth-order valence-electron chi connectivity index (χ4n) is 3.84. The second kappa shape index (κ2) is 7.99. The van der Waals surface area contributed by atoms with E-state index in [1.54, 1.807) is 0 Å². The largest absolute Gasteiger partial charge is 0.416 e. The average molecular weight is 417 g/mol. The molecule has 2 aromatic rings. The molecule has 0 aliphatic heterocycles. The van der Waals surface area contributed by atoms with E-state index in [2.05, 4.69) is 0 Å². The number of nitrogens with two attached hydrogens (primary N) is 1. The number of hydrogen-bond donors (Lipinski definition) is 1. The van der Waals surface area contributed by atoms with Gasteiger partial charge in [0.05, 0.1) is 23.3 Å². The molecule has 1 fully saturated rings. The van der Waals surface area contributed by atoms with Gasteiger partial charge in [-0.05, 0) is 49.1 Å². The van der Waals surface area contributed by atoms with Crippen LogP contribution in [0.15, 0.2) is 48.5 Å². The Hall–Kier alpha value is -2.06. The minimum absolute atomic E-state index is 0.120. The van der Waals surface area contributed by atoms with Gasteiger partial charge in [0.2, 0.25) is 0 Å². The van der Waals surface area contributed by atoms with Crippen LogP contribution in [-0.4, -0.2) is 12.1 Å². The zero-order chi connectivity index (χ0) is 21.4. The molecule has 0 aromatic heterocycles. The second-order valence-corrected chi connectivity index (χ2v) is 7.33. The molecule has 29 heavy (non-hydrogen) atoms. The van der Waals surface area contributed by atoms with Gasteiger partial charge in [0, 0.05) is 12.0 Å². The summed E-state index contributed by atoms with van der Waals surface area (Å²) in [4.78, 5) is 0. The molecule has 0 spiro atoms. The Kier molecular flexibility index (Phi) is 5.96. The monoisotopic (exact) mass is 417 g/mol. The van der Waals surface area contributed by atoms with Gasteiger partial charge in [0.25, 0.3) is 0 Å². The smallest absolute Gasteiger partial charge is 0.370 e. The zero-order valence-corrected chi connectivity index (χ0v) is 15.6. The molecule has 4 atom stereocenters.